The Labute approximate surface area is 183 Å². The fourth-order valence-electron chi connectivity index (χ4n) is 3.37. The zero-order valence-corrected chi connectivity index (χ0v) is 19.5. The van der Waals surface area contributed by atoms with Gasteiger partial charge in [-0.05, 0) is 43.4 Å². The van der Waals surface area contributed by atoms with Gasteiger partial charge < -0.3 is 9.47 Å². The Hall–Kier alpha value is -1.84. The molecule has 0 unspecified atom stereocenters. The highest BCUT2D eigenvalue weighted by Gasteiger charge is 2.15. The standard InChI is InChI=1S/C26H42O4/c1-4-7-10-11-12-15-16-22-19-20-23(29-25(27)17-13-8-5-2)24(21-22)30-26(28)18-14-9-6-3/h19-21H,4-18H2,1-3H3. The minimum atomic E-state index is -0.268. The lowest BCUT2D eigenvalue weighted by molar-refractivity contribution is -0.137. The largest absolute Gasteiger partial charge is 0.423 e. The summed E-state index contributed by atoms with van der Waals surface area (Å²) in [4.78, 5) is 24.4. The van der Waals surface area contributed by atoms with E-state index in [1.165, 1.54) is 32.1 Å². The van der Waals surface area contributed by atoms with Crippen LogP contribution in [0.15, 0.2) is 18.2 Å². The third kappa shape index (κ3) is 12.0. The topological polar surface area (TPSA) is 52.6 Å². The van der Waals surface area contributed by atoms with Gasteiger partial charge in [0.1, 0.15) is 0 Å². The molecule has 0 saturated heterocycles. The molecule has 30 heavy (non-hydrogen) atoms. The van der Waals surface area contributed by atoms with Crippen LogP contribution in [0.4, 0.5) is 0 Å². The smallest absolute Gasteiger partial charge is 0.311 e. The third-order valence-electron chi connectivity index (χ3n) is 5.24. The number of hydrogen-bond acceptors (Lipinski definition) is 4. The van der Waals surface area contributed by atoms with Crippen LogP contribution in [0, 0.1) is 0 Å². The van der Waals surface area contributed by atoms with Crippen molar-refractivity contribution < 1.29 is 19.1 Å². The maximum Gasteiger partial charge on any atom is 0.311 e. The summed E-state index contributed by atoms with van der Waals surface area (Å²) in [6.45, 7) is 6.43. The Morgan fingerprint density at radius 1 is 0.633 bits per heavy atom. The van der Waals surface area contributed by atoms with Crippen molar-refractivity contribution in [3.05, 3.63) is 23.8 Å². The van der Waals surface area contributed by atoms with Gasteiger partial charge in [0.05, 0.1) is 0 Å². The number of ether oxygens (including phenoxy) is 2. The number of aryl methyl sites for hydroxylation is 1. The first kappa shape index (κ1) is 26.2. The number of hydrogen-bond donors (Lipinski definition) is 0. The van der Waals surface area contributed by atoms with Crippen LogP contribution in [0.5, 0.6) is 11.5 Å². The van der Waals surface area contributed by atoms with E-state index in [0.717, 1.165) is 56.9 Å². The van der Waals surface area contributed by atoms with Crippen molar-refractivity contribution in [2.24, 2.45) is 0 Å². The van der Waals surface area contributed by atoms with Gasteiger partial charge in [-0.3, -0.25) is 9.59 Å². The number of carbonyl (C=O) groups excluding carboxylic acids is 2. The summed E-state index contributed by atoms with van der Waals surface area (Å²) in [5.41, 5.74) is 1.12. The van der Waals surface area contributed by atoms with Crippen molar-refractivity contribution in [2.75, 3.05) is 0 Å². The van der Waals surface area contributed by atoms with Crippen LogP contribution in [-0.4, -0.2) is 11.9 Å². The van der Waals surface area contributed by atoms with Crippen molar-refractivity contribution >= 4 is 11.9 Å². The van der Waals surface area contributed by atoms with Crippen LogP contribution in [0.25, 0.3) is 0 Å². The van der Waals surface area contributed by atoms with Crippen molar-refractivity contribution in [2.45, 2.75) is 117 Å². The molecular formula is C26H42O4. The molecule has 0 N–H and O–H groups in total. The van der Waals surface area contributed by atoms with E-state index in [-0.39, 0.29) is 11.9 Å². The summed E-state index contributed by atoms with van der Waals surface area (Å²) in [6, 6.07) is 5.63. The lowest BCUT2D eigenvalue weighted by Gasteiger charge is -2.12. The average molecular weight is 419 g/mol. The SMILES string of the molecule is CCCCCCCCc1ccc(OC(=O)CCCCC)c(OC(=O)CCCCC)c1. The monoisotopic (exact) mass is 418 g/mol. The molecule has 1 aromatic carbocycles. The second-order valence-electron chi connectivity index (χ2n) is 8.16. The number of unbranched alkanes of at least 4 members (excludes halogenated alkanes) is 9. The first-order valence-electron chi connectivity index (χ1n) is 12.1. The van der Waals surface area contributed by atoms with Crippen LogP contribution < -0.4 is 9.47 Å². The van der Waals surface area contributed by atoms with E-state index in [9.17, 15) is 9.59 Å². The Morgan fingerprint density at radius 2 is 1.13 bits per heavy atom. The molecule has 0 aliphatic heterocycles. The van der Waals surface area contributed by atoms with Crippen molar-refractivity contribution in [3.8, 4) is 11.5 Å². The quantitative estimate of drug-likeness (QED) is 0.149. The molecule has 1 rings (SSSR count). The van der Waals surface area contributed by atoms with Gasteiger partial charge in [0.15, 0.2) is 11.5 Å². The van der Waals surface area contributed by atoms with Crippen LogP contribution in [-0.2, 0) is 16.0 Å². The minimum absolute atomic E-state index is 0.261. The Bertz CT molecular complexity index is 609. The first-order chi connectivity index (χ1) is 14.6. The highest BCUT2D eigenvalue weighted by Crippen LogP contribution is 2.30. The summed E-state index contributed by atoms with van der Waals surface area (Å²) in [5.74, 6) is 0.203. The molecule has 0 fully saturated rings. The number of carbonyl (C=O) groups is 2. The molecular weight excluding hydrogens is 376 g/mol. The Morgan fingerprint density at radius 3 is 1.73 bits per heavy atom. The van der Waals surface area contributed by atoms with E-state index in [2.05, 4.69) is 20.8 Å². The summed E-state index contributed by atoms with van der Waals surface area (Å²) in [7, 11) is 0. The fraction of sp³-hybridized carbons (Fsp3) is 0.692. The zero-order valence-electron chi connectivity index (χ0n) is 19.5. The number of benzene rings is 1. The Balaban J connectivity index is 2.71. The van der Waals surface area contributed by atoms with Crippen molar-refractivity contribution in [1.82, 2.24) is 0 Å². The van der Waals surface area contributed by atoms with Gasteiger partial charge >= 0.3 is 11.9 Å². The molecule has 0 aliphatic rings. The van der Waals surface area contributed by atoms with Crippen LogP contribution in [0.3, 0.4) is 0 Å². The van der Waals surface area contributed by atoms with Crippen molar-refractivity contribution in [3.63, 3.8) is 0 Å². The highest BCUT2D eigenvalue weighted by atomic mass is 16.6. The van der Waals surface area contributed by atoms with Gasteiger partial charge in [-0.1, -0.05) is 84.6 Å². The van der Waals surface area contributed by atoms with Crippen LogP contribution in [0.1, 0.15) is 116 Å². The molecule has 0 spiro atoms. The maximum absolute atomic E-state index is 12.2. The van der Waals surface area contributed by atoms with Gasteiger partial charge in [0.2, 0.25) is 0 Å². The first-order valence-corrected chi connectivity index (χ1v) is 12.1. The maximum atomic E-state index is 12.2. The van der Waals surface area contributed by atoms with E-state index < -0.39 is 0 Å². The highest BCUT2D eigenvalue weighted by molar-refractivity contribution is 5.76. The zero-order chi connectivity index (χ0) is 22.0. The van der Waals surface area contributed by atoms with Gasteiger partial charge in [-0.2, -0.15) is 0 Å². The molecule has 0 radical (unpaired) electrons. The molecule has 0 heterocycles. The third-order valence-corrected chi connectivity index (χ3v) is 5.24. The lowest BCUT2D eigenvalue weighted by atomic mass is 10.0. The fourth-order valence-corrected chi connectivity index (χ4v) is 3.37. The predicted molar refractivity (Wildman–Crippen MR) is 123 cm³/mol. The molecule has 0 amide bonds. The van der Waals surface area contributed by atoms with Crippen LogP contribution >= 0.6 is 0 Å². The molecule has 0 aliphatic carbocycles. The molecule has 0 atom stereocenters. The average Bonchev–Trinajstić information content (AvgIpc) is 2.72. The van der Waals surface area contributed by atoms with Gasteiger partial charge in [0.25, 0.3) is 0 Å². The predicted octanol–water partition coefficient (Wildman–Crippen LogP) is 7.56. The second-order valence-corrected chi connectivity index (χ2v) is 8.16. The van der Waals surface area contributed by atoms with Gasteiger partial charge in [-0.25, -0.2) is 0 Å². The number of rotatable bonds is 17. The van der Waals surface area contributed by atoms with E-state index in [0.29, 0.717) is 24.3 Å². The second kappa shape index (κ2) is 16.9. The van der Waals surface area contributed by atoms with Crippen LogP contribution in [0.2, 0.25) is 0 Å². The molecule has 0 saturated carbocycles. The van der Waals surface area contributed by atoms with Gasteiger partial charge in [-0.15, -0.1) is 0 Å². The summed E-state index contributed by atoms with van der Waals surface area (Å²) >= 11 is 0. The molecule has 4 heteroatoms. The number of esters is 2. The summed E-state index contributed by atoms with van der Waals surface area (Å²) in [5, 5.41) is 0. The van der Waals surface area contributed by atoms with E-state index in [1.807, 2.05) is 12.1 Å². The molecule has 170 valence electrons. The van der Waals surface area contributed by atoms with E-state index in [4.69, 9.17) is 9.47 Å². The van der Waals surface area contributed by atoms with Crippen molar-refractivity contribution in [1.29, 1.82) is 0 Å². The van der Waals surface area contributed by atoms with Gasteiger partial charge in [0, 0.05) is 12.8 Å². The molecule has 4 nitrogen and oxygen atoms in total. The summed E-state index contributed by atoms with van der Waals surface area (Å²) < 4.78 is 11.1. The normalized spacial score (nSPS) is 10.8. The minimum Gasteiger partial charge on any atom is -0.423 e. The molecule has 1 aromatic rings. The molecule has 0 aromatic heterocycles. The molecule has 0 bridgehead atoms. The van der Waals surface area contributed by atoms with E-state index >= 15 is 0 Å². The summed E-state index contributed by atoms with van der Waals surface area (Å²) in [6.07, 6.45) is 14.9. The lowest BCUT2D eigenvalue weighted by Crippen LogP contribution is -2.12. The Kier molecular flexibility index (Phi) is 14.8. The van der Waals surface area contributed by atoms with E-state index in [1.54, 1.807) is 6.07 Å².